The Hall–Kier alpha value is -0.420. The third-order valence-electron chi connectivity index (χ3n) is 3.04. The summed E-state index contributed by atoms with van der Waals surface area (Å²) in [6.45, 7) is 5.40. The molecule has 1 rings (SSSR count). The van der Waals surface area contributed by atoms with Crippen molar-refractivity contribution in [1.29, 1.82) is 0 Å². The summed E-state index contributed by atoms with van der Waals surface area (Å²) >= 11 is 7.50. The van der Waals surface area contributed by atoms with Gasteiger partial charge in [-0.3, -0.25) is 4.79 Å². The third kappa shape index (κ3) is 7.96. The molecule has 6 heteroatoms. The van der Waals surface area contributed by atoms with Gasteiger partial charge in [0, 0.05) is 35.7 Å². The normalized spacial score (nSPS) is 10.9. The molecule has 0 atom stereocenters. The van der Waals surface area contributed by atoms with Gasteiger partial charge >= 0.3 is 0 Å². The lowest BCUT2D eigenvalue weighted by Gasteiger charge is -2.29. The number of halogens is 2. The van der Waals surface area contributed by atoms with Crippen LogP contribution in [0.4, 0.5) is 0 Å². The van der Waals surface area contributed by atoms with Gasteiger partial charge in [-0.2, -0.15) is 0 Å². The fourth-order valence-corrected chi connectivity index (χ4v) is 2.74. The van der Waals surface area contributed by atoms with Crippen LogP contribution in [0.5, 0.6) is 0 Å². The molecule has 0 aromatic heterocycles. The number of benzene rings is 1. The predicted molar refractivity (Wildman–Crippen MR) is 94.5 cm³/mol. The summed E-state index contributed by atoms with van der Waals surface area (Å²) in [5, 5.41) is 0.731. The minimum atomic E-state index is -0.0340. The van der Waals surface area contributed by atoms with Gasteiger partial charge in [0.15, 0.2) is 0 Å². The summed E-state index contributed by atoms with van der Waals surface area (Å²) < 4.78 is 0. The lowest BCUT2D eigenvalue weighted by Crippen LogP contribution is -2.39. The zero-order valence-corrected chi connectivity index (χ0v) is 15.2. The van der Waals surface area contributed by atoms with E-state index in [-0.39, 0.29) is 23.7 Å². The standard InChI is InChI=1S/C15H23ClN2OS.ClH/c1-15(2,10-17)11-18(3)14(19)8-9-20-13-6-4-12(16)5-7-13;/h4-7H,8-11,17H2,1-3H3;1H. The second-order valence-electron chi connectivity index (χ2n) is 5.67. The number of hydrogen-bond acceptors (Lipinski definition) is 3. The van der Waals surface area contributed by atoms with E-state index in [0.717, 1.165) is 15.7 Å². The number of nitrogens with two attached hydrogens (primary N) is 1. The van der Waals surface area contributed by atoms with Gasteiger partial charge in [0.05, 0.1) is 0 Å². The fraction of sp³-hybridized carbons (Fsp3) is 0.533. The maximum Gasteiger partial charge on any atom is 0.223 e. The zero-order valence-electron chi connectivity index (χ0n) is 12.8. The second kappa shape index (κ2) is 9.57. The molecule has 0 fully saturated rings. The lowest BCUT2D eigenvalue weighted by molar-refractivity contribution is -0.130. The second-order valence-corrected chi connectivity index (χ2v) is 7.28. The maximum absolute atomic E-state index is 12.0. The number of carbonyl (C=O) groups excluding carboxylic acids is 1. The van der Waals surface area contributed by atoms with Crippen LogP contribution in [-0.2, 0) is 4.79 Å². The number of thioether (sulfide) groups is 1. The van der Waals surface area contributed by atoms with Crippen molar-refractivity contribution in [2.75, 3.05) is 25.9 Å². The van der Waals surface area contributed by atoms with E-state index in [2.05, 4.69) is 13.8 Å². The monoisotopic (exact) mass is 350 g/mol. The van der Waals surface area contributed by atoms with Gasteiger partial charge in [-0.25, -0.2) is 0 Å². The molecule has 0 saturated carbocycles. The molecule has 0 aliphatic rings. The van der Waals surface area contributed by atoms with E-state index >= 15 is 0 Å². The van der Waals surface area contributed by atoms with Gasteiger partial charge in [-0.1, -0.05) is 25.4 Å². The highest BCUT2D eigenvalue weighted by atomic mass is 35.5. The van der Waals surface area contributed by atoms with Crippen LogP contribution >= 0.6 is 35.8 Å². The minimum Gasteiger partial charge on any atom is -0.345 e. The molecule has 120 valence electrons. The van der Waals surface area contributed by atoms with Gasteiger partial charge in [0.25, 0.3) is 0 Å². The Kier molecular flexibility index (Phi) is 9.38. The summed E-state index contributed by atoms with van der Waals surface area (Å²) in [4.78, 5) is 14.9. The van der Waals surface area contributed by atoms with Crippen LogP contribution in [0.15, 0.2) is 29.2 Å². The Bertz CT molecular complexity index is 438. The molecular formula is C15H24Cl2N2OS. The lowest BCUT2D eigenvalue weighted by atomic mass is 9.93. The largest absolute Gasteiger partial charge is 0.345 e. The molecule has 1 aromatic rings. The van der Waals surface area contributed by atoms with Crippen LogP contribution in [0.3, 0.4) is 0 Å². The van der Waals surface area contributed by atoms with Crippen LogP contribution in [-0.4, -0.2) is 36.7 Å². The van der Waals surface area contributed by atoms with E-state index in [1.807, 2.05) is 31.3 Å². The van der Waals surface area contributed by atoms with Crippen LogP contribution in [0, 0.1) is 5.41 Å². The maximum atomic E-state index is 12.0. The van der Waals surface area contributed by atoms with Crippen LogP contribution in [0.1, 0.15) is 20.3 Å². The summed E-state index contributed by atoms with van der Waals surface area (Å²) in [5.74, 6) is 0.932. The van der Waals surface area contributed by atoms with Gasteiger partial charge in [-0.05, 0) is 36.2 Å². The number of amides is 1. The summed E-state index contributed by atoms with van der Waals surface area (Å²) in [6, 6.07) is 7.67. The third-order valence-corrected chi connectivity index (χ3v) is 4.31. The van der Waals surface area contributed by atoms with Gasteiger partial charge < -0.3 is 10.6 Å². The highest BCUT2D eigenvalue weighted by Gasteiger charge is 2.20. The number of rotatable bonds is 7. The Balaban J connectivity index is 0.00000400. The highest BCUT2D eigenvalue weighted by molar-refractivity contribution is 7.99. The van der Waals surface area contributed by atoms with E-state index in [1.165, 1.54) is 0 Å². The first-order valence-electron chi connectivity index (χ1n) is 6.66. The van der Waals surface area contributed by atoms with Crippen LogP contribution in [0.25, 0.3) is 0 Å². The molecule has 0 bridgehead atoms. The molecule has 0 aliphatic carbocycles. The molecule has 1 aromatic carbocycles. The smallest absolute Gasteiger partial charge is 0.223 e. The van der Waals surface area contributed by atoms with Crippen molar-refractivity contribution in [3.63, 3.8) is 0 Å². The quantitative estimate of drug-likeness (QED) is 0.762. The molecule has 1 amide bonds. The SMILES string of the molecule is CN(CC(C)(C)CN)C(=O)CCSc1ccc(Cl)cc1.Cl. The average molecular weight is 351 g/mol. The summed E-state index contributed by atoms with van der Waals surface area (Å²) in [7, 11) is 1.84. The molecular weight excluding hydrogens is 327 g/mol. The highest BCUT2D eigenvalue weighted by Crippen LogP contribution is 2.21. The molecule has 3 nitrogen and oxygen atoms in total. The summed E-state index contributed by atoms with van der Waals surface area (Å²) in [5.41, 5.74) is 5.66. The van der Waals surface area contributed by atoms with Crippen molar-refractivity contribution >= 4 is 41.7 Å². The molecule has 0 heterocycles. The number of hydrogen-bond donors (Lipinski definition) is 1. The average Bonchev–Trinajstić information content (AvgIpc) is 2.40. The number of nitrogens with zero attached hydrogens (tertiary/aromatic N) is 1. The first-order chi connectivity index (χ1) is 9.34. The Labute approximate surface area is 143 Å². The minimum absolute atomic E-state index is 0. The van der Waals surface area contributed by atoms with E-state index < -0.39 is 0 Å². The first-order valence-corrected chi connectivity index (χ1v) is 8.03. The zero-order chi connectivity index (χ0) is 15.2. The van der Waals surface area contributed by atoms with Crippen LogP contribution < -0.4 is 5.73 Å². The molecule has 0 spiro atoms. The van der Waals surface area contributed by atoms with E-state index in [0.29, 0.717) is 19.5 Å². The Morgan fingerprint density at radius 1 is 1.33 bits per heavy atom. The van der Waals surface area contributed by atoms with Crippen molar-refractivity contribution in [3.05, 3.63) is 29.3 Å². The van der Waals surface area contributed by atoms with Gasteiger partial charge in [-0.15, -0.1) is 24.2 Å². The molecule has 0 saturated heterocycles. The van der Waals surface area contributed by atoms with Crippen LogP contribution in [0.2, 0.25) is 5.02 Å². The van der Waals surface area contributed by atoms with Crippen molar-refractivity contribution in [1.82, 2.24) is 4.90 Å². The van der Waals surface area contributed by atoms with Crippen molar-refractivity contribution in [2.45, 2.75) is 25.2 Å². The van der Waals surface area contributed by atoms with Crippen molar-refractivity contribution in [3.8, 4) is 0 Å². The Morgan fingerprint density at radius 3 is 2.43 bits per heavy atom. The van der Waals surface area contributed by atoms with Crippen molar-refractivity contribution < 1.29 is 4.79 Å². The molecule has 2 N–H and O–H groups in total. The number of carbonyl (C=O) groups is 1. The van der Waals surface area contributed by atoms with E-state index in [1.54, 1.807) is 16.7 Å². The topological polar surface area (TPSA) is 46.3 Å². The first kappa shape index (κ1) is 20.6. The van der Waals surface area contributed by atoms with E-state index in [4.69, 9.17) is 17.3 Å². The Morgan fingerprint density at radius 2 is 1.90 bits per heavy atom. The molecule has 0 unspecified atom stereocenters. The molecule has 0 radical (unpaired) electrons. The molecule has 21 heavy (non-hydrogen) atoms. The molecule has 0 aliphatic heterocycles. The van der Waals surface area contributed by atoms with Gasteiger partial charge in [0.2, 0.25) is 5.91 Å². The van der Waals surface area contributed by atoms with E-state index in [9.17, 15) is 4.79 Å². The predicted octanol–water partition coefficient (Wildman–Crippen LogP) is 3.69. The summed E-state index contributed by atoms with van der Waals surface area (Å²) in [6.07, 6.45) is 0.532. The van der Waals surface area contributed by atoms with Gasteiger partial charge in [0.1, 0.15) is 0 Å². The fourth-order valence-electron chi connectivity index (χ4n) is 1.77. The van der Waals surface area contributed by atoms with Crippen molar-refractivity contribution in [2.24, 2.45) is 11.1 Å².